The number of nitrogens with two attached hydrogens (primary N) is 1. The van der Waals surface area contributed by atoms with E-state index in [9.17, 15) is 4.79 Å². The van der Waals surface area contributed by atoms with E-state index in [-0.39, 0.29) is 17.7 Å². The van der Waals surface area contributed by atoms with Gasteiger partial charge in [-0.1, -0.05) is 57.9 Å². The molecule has 0 spiro atoms. The highest BCUT2D eigenvalue weighted by Gasteiger charge is 2.28. The number of amides is 1. The van der Waals surface area contributed by atoms with Gasteiger partial charge >= 0.3 is 0 Å². The van der Waals surface area contributed by atoms with E-state index in [2.05, 4.69) is 37.4 Å². The summed E-state index contributed by atoms with van der Waals surface area (Å²) in [7, 11) is 2.11. The van der Waals surface area contributed by atoms with Gasteiger partial charge in [-0.05, 0) is 25.6 Å². The average molecular weight is 383 g/mol. The van der Waals surface area contributed by atoms with Crippen LogP contribution in [0.25, 0.3) is 0 Å². The first-order chi connectivity index (χ1) is 12.4. The highest BCUT2D eigenvalue weighted by Crippen LogP contribution is 2.32. The summed E-state index contributed by atoms with van der Waals surface area (Å²) in [5.41, 5.74) is 6.75. The molecule has 0 saturated carbocycles. The van der Waals surface area contributed by atoms with Crippen LogP contribution in [0.15, 0.2) is 17.3 Å². The summed E-state index contributed by atoms with van der Waals surface area (Å²) in [6, 6.07) is 0. The van der Waals surface area contributed by atoms with Crippen molar-refractivity contribution in [3.8, 4) is 0 Å². The highest BCUT2D eigenvalue weighted by molar-refractivity contribution is 8.13. The van der Waals surface area contributed by atoms with Gasteiger partial charge in [-0.25, -0.2) is 4.99 Å². The lowest BCUT2D eigenvalue weighted by Gasteiger charge is -2.34. The second-order valence-electron chi connectivity index (χ2n) is 7.30. The molecule has 26 heavy (non-hydrogen) atoms. The molecule has 0 bridgehead atoms. The first-order valence-electron chi connectivity index (χ1n) is 9.96. The van der Waals surface area contributed by atoms with Crippen LogP contribution >= 0.6 is 11.8 Å². The molecule has 0 aromatic rings. The Morgan fingerprint density at radius 2 is 1.88 bits per heavy atom. The second kappa shape index (κ2) is 12.4. The van der Waals surface area contributed by atoms with Crippen molar-refractivity contribution < 1.29 is 4.79 Å². The summed E-state index contributed by atoms with van der Waals surface area (Å²) in [4.78, 5) is 21.6. The van der Waals surface area contributed by atoms with Crippen molar-refractivity contribution in [2.75, 3.05) is 39.5 Å². The third-order valence-electron chi connectivity index (χ3n) is 5.40. The predicted octanol–water partition coefficient (Wildman–Crippen LogP) is 3.56. The van der Waals surface area contributed by atoms with Gasteiger partial charge in [0, 0.05) is 44.2 Å². The van der Waals surface area contributed by atoms with Gasteiger partial charge in [0.05, 0.1) is 0 Å². The van der Waals surface area contributed by atoms with Crippen LogP contribution in [-0.4, -0.2) is 60.4 Å². The Morgan fingerprint density at radius 3 is 2.42 bits per heavy atom. The van der Waals surface area contributed by atoms with Gasteiger partial charge in [-0.3, -0.25) is 4.79 Å². The lowest BCUT2D eigenvalue weighted by atomic mass is 9.81. The normalized spacial score (nSPS) is 18.6. The van der Waals surface area contributed by atoms with Crippen LogP contribution < -0.4 is 5.73 Å². The van der Waals surface area contributed by atoms with Crippen molar-refractivity contribution in [1.82, 2.24) is 9.80 Å². The Balaban J connectivity index is 2.79. The van der Waals surface area contributed by atoms with E-state index in [0.717, 1.165) is 51.1 Å². The topological polar surface area (TPSA) is 61.9 Å². The van der Waals surface area contributed by atoms with Crippen LogP contribution in [-0.2, 0) is 4.79 Å². The molecule has 0 radical (unpaired) electrons. The summed E-state index contributed by atoms with van der Waals surface area (Å²) in [5, 5.41) is 0.552. The third kappa shape index (κ3) is 7.70. The molecule has 2 N–H and O–H groups in total. The Labute approximate surface area is 164 Å². The minimum absolute atomic E-state index is 0.230. The number of carbonyl (C=O) groups is 1. The number of thioether (sulfide) groups is 1. The van der Waals surface area contributed by atoms with Crippen LogP contribution in [0.4, 0.5) is 0 Å². The van der Waals surface area contributed by atoms with Crippen molar-refractivity contribution in [1.29, 1.82) is 0 Å². The molecule has 0 aromatic heterocycles. The summed E-state index contributed by atoms with van der Waals surface area (Å²) in [6.07, 6.45) is 8.04. The van der Waals surface area contributed by atoms with Gasteiger partial charge in [0.25, 0.3) is 0 Å². The van der Waals surface area contributed by atoms with E-state index in [1.807, 2.05) is 11.2 Å². The number of rotatable bonds is 10. The van der Waals surface area contributed by atoms with Crippen molar-refractivity contribution >= 4 is 22.8 Å². The molecule has 0 aromatic carbocycles. The molecule has 1 heterocycles. The zero-order chi connectivity index (χ0) is 19.5. The number of unbranched alkanes of at least 4 members (excludes halogenated alkanes) is 2. The van der Waals surface area contributed by atoms with E-state index in [4.69, 9.17) is 5.73 Å². The summed E-state index contributed by atoms with van der Waals surface area (Å²) in [5.74, 6) is 0.790. The monoisotopic (exact) mass is 382 g/mol. The van der Waals surface area contributed by atoms with Gasteiger partial charge in [-0.2, -0.15) is 0 Å². The van der Waals surface area contributed by atoms with E-state index in [1.54, 1.807) is 0 Å². The largest absolute Gasteiger partial charge is 0.378 e. The summed E-state index contributed by atoms with van der Waals surface area (Å²) in [6.45, 7) is 12.2. The molecule has 1 fully saturated rings. The maximum Gasteiger partial charge on any atom is 0.222 e. The van der Waals surface area contributed by atoms with Gasteiger partial charge in [-0.15, -0.1) is 0 Å². The molecular formula is C20H38N4OS. The number of aliphatic imine (C=N–C) groups is 1. The molecule has 5 nitrogen and oxygen atoms in total. The number of hydrogen-bond donors (Lipinski definition) is 1. The molecule has 1 amide bonds. The maximum atomic E-state index is 12.8. The lowest BCUT2D eigenvalue weighted by Crippen LogP contribution is -2.47. The van der Waals surface area contributed by atoms with Crippen LogP contribution in [0.3, 0.4) is 0 Å². The van der Waals surface area contributed by atoms with Crippen molar-refractivity contribution in [2.24, 2.45) is 22.6 Å². The average Bonchev–Trinajstić information content (AvgIpc) is 2.63. The zero-order valence-corrected chi connectivity index (χ0v) is 18.0. The Hall–Kier alpha value is -1.01. The molecular weight excluding hydrogens is 344 g/mol. The van der Waals surface area contributed by atoms with E-state index in [1.165, 1.54) is 24.6 Å². The van der Waals surface area contributed by atoms with Gasteiger partial charge < -0.3 is 15.5 Å². The van der Waals surface area contributed by atoms with Crippen molar-refractivity contribution in [3.05, 3.63) is 12.3 Å². The standard InChI is InChI=1S/C20H38N4OS/c1-6-8-9-10-18(16(3)22-20(21)26-5)17(7-2)15-19(25)24-13-11-23(4)12-14-24/h17-18H,3,6-15H2,1-2,4-5H3,(H2,21,22). The minimum atomic E-state index is 0.230. The van der Waals surface area contributed by atoms with Crippen molar-refractivity contribution in [3.63, 3.8) is 0 Å². The van der Waals surface area contributed by atoms with E-state index >= 15 is 0 Å². The first kappa shape index (κ1) is 23.0. The molecule has 1 aliphatic rings. The van der Waals surface area contributed by atoms with E-state index in [0.29, 0.717) is 11.6 Å². The third-order valence-corrected chi connectivity index (χ3v) is 5.91. The second-order valence-corrected chi connectivity index (χ2v) is 8.13. The highest BCUT2D eigenvalue weighted by atomic mass is 32.2. The fraction of sp³-hybridized carbons (Fsp3) is 0.800. The Bertz CT molecular complexity index is 472. The van der Waals surface area contributed by atoms with Crippen LogP contribution in [0, 0.1) is 11.8 Å². The Kier molecular flexibility index (Phi) is 11.0. The number of piperazine rings is 1. The fourth-order valence-electron chi connectivity index (χ4n) is 3.54. The lowest BCUT2D eigenvalue weighted by molar-refractivity contribution is -0.134. The fourth-order valence-corrected chi connectivity index (χ4v) is 3.75. The molecule has 1 saturated heterocycles. The van der Waals surface area contributed by atoms with Crippen LogP contribution in [0.1, 0.15) is 52.4 Å². The molecule has 2 atom stereocenters. The quantitative estimate of drug-likeness (QED) is 0.356. The minimum Gasteiger partial charge on any atom is -0.378 e. The number of carbonyl (C=O) groups excluding carboxylic acids is 1. The van der Waals surface area contributed by atoms with Crippen LogP contribution in [0.5, 0.6) is 0 Å². The van der Waals surface area contributed by atoms with E-state index < -0.39 is 0 Å². The number of allylic oxidation sites excluding steroid dienone is 1. The number of amidine groups is 1. The van der Waals surface area contributed by atoms with Gasteiger partial charge in [0.1, 0.15) is 0 Å². The smallest absolute Gasteiger partial charge is 0.222 e. The molecule has 1 aliphatic heterocycles. The van der Waals surface area contributed by atoms with Gasteiger partial charge in [0.2, 0.25) is 5.91 Å². The molecule has 150 valence electrons. The zero-order valence-electron chi connectivity index (χ0n) is 17.2. The number of hydrogen-bond acceptors (Lipinski definition) is 4. The summed E-state index contributed by atoms with van der Waals surface area (Å²) >= 11 is 1.44. The summed E-state index contributed by atoms with van der Waals surface area (Å²) < 4.78 is 0. The molecule has 0 aliphatic carbocycles. The SMILES string of the molecule is C=C(N=C(N)SC)C(CCCCC)C(CC)CC(=O)N1CCN(C)CC1. The molecule has 6 heteroatoms. The Morgan fingerprint density at radius 1 is 1.23 bits per heavy atom. The first-order valence-corrected chi connectivity index (χ1v) is 11.2. The van der Waals surface area contributed by atoms with Crippen molar-refractivity contribution in [2.45, 2.75) is 52.4 Å². The maximum absolute atomic E-state index is 12.8. The number of likely N-dealkylation sites (N-methyl/N-ethyl adjacent to an activating group) is 1. The van der Waals surface area contributed by atoms with Crippen LogP contribution in [0.2, 0.25) is 0 Å². The molecule has 1 rings (SSSR count). The molecule has 2 unspecified atom stereocenters. The van der Waals surface area contributed by atoms with Gasteiger partial charge in [0.15, 0.2) is 5.17 Å². The predicted molar refractivity (Wildman–Crippen MR) is 114 cm³/mol. The number of nitrogens with zero attached hydrogens (tertiary/aromatic N) is 3.